The van der Waals surface area contributed by atoms with Crippen LogP contribution in [0.15, 0.2) is 18.2 Å². The largest absolute Gasteiger partial charge is 0.337 e. The predicted octanol–water partition coefficient (Wildman–Crippen LogP) is 2.06. The molecule has 1 aliphatic rings. The number of rotatable bonds is 2. The van der Waals surface area contributed by atoms with Crippen molar-refractivity contribution in [1.82, 2.24) is 20.5 Å². The van der Waals surface area contributed by atoms with Crippen LogP contribution in [0.1, 0.15) is 6.92 Å². The fraction of sp³-hybridized carbons (Fsp3) is 0.385. The number of nitrogens with one attached hydrogen (secondary N) is 2. The van der Waals surface area contributed by atoms with Crippen molar-refractivity contribution < 1.29 is 4.39 Å². The third-order valence-corrected chi connectivity index (χ3v) is 3.72. The second kappa shape index (κ2) is 5.38. The summed E-state index contributed by atoms with van der Waals surface area (Å²) in [4.78, 5) is 6.51. The van der Waals surface area contributed by atoms with Crippen LogP contribution in [0.3, 0.4) is 0 Å². The molecule has 0 saturated carbocycles. The molecule has 1 aromatic carbocycles. The molecule has 2 heterocycles. The van der Waals surface area contributed by atoms with Gasteiger partial charge in [-0.15, -0.1) is 5.10 Å². The Hall–Kier alpha value is -1.66. The number of aromatic nitrogens is 3. The van der Waals surface area contributed by atoms with Gasteiger partial charge in [-0.2, -0.15) is 4.98 Å². The van der Waals surface area contributed by atoms with E-state index in [2.05, 4.69) is 32.3 Å². The van der Waals surface area contributed by atoms with Crippen LogP contribution in [0.2, 0.25) is 5.02 Å². The summed E-state index contributed by atoms with van der Waals surface area (Å²) in [6, 6.07) is 5.03. The van der Waals surface area contributed by atoms with E-state index >= 15 is 0 Å². The fourth-order valence-corrected chi connectivity index (χ4v) is 2.53. The maximum Gasteiger partial charge on any atom is 0.245 e. The first-order valence-corrected chi connectivity index (χ1v) is 6.88. The average molecular weight is 296 g/mol. The van der Waals surface area contributed by atoms with E-state index in [4.69, 9.17) is 11.6 Å². The van der Waals surface area contributed by atoms with Gasteiger partial charge in [0.15, 0.2) is 5.82 Å². The van der Waals surface area contributed by atoms with Crippen LogP contribution in [0, 0.1) is 5.82 Å². The first kappa shape index (κ1) is 13.3. The van der Waals surface area contributed by atoms with Gasteiger partial charge < -0.3 is 10.2 Å². The van der Waals surface area contributed by atoms with Crippen LogP contribution in [0.5, 0.6) is 0 Å². The topological polar surface area (TPSA) is 56.8 Å². The molecule has 5 nitrogen and oxygen atoms in total. The van der Waals surface area contributed by atoms with Gasteiger partial charge in [0.2, 0.25) is 5.95 Å². The molecule has 1 aliphatic heterocycles. The van der Waals surface area contributed by atoms with Crippen LogP contribution in [0.4, 0.5) is 10.3 Å². The number of aromatic amines is 1. The van der Waals surface area contributed by atoms with Crippen molar-refractivity contribution in [3.05, 3.63) is 29.0 Å². The van der Waals surface area contributed by atoms with Gasteiger partial charge >= 0.3 is 0 Å². The van der Waals surface area contributed by atoms with Gasteiger partial charge in [-0.1, -0.05) is 17.7 Å². The lowest BCUT2D eigenvalue weighted by molar-refractivity contribution is 0.480. The van der Waals surface area contributed by atoms with Gasteiger partial charge in [0.05, 0.1) is 5.02 Å². The molecular weight excluding hydrogens is 281 g/mol. The van der Waals surface area contributed by atoms with Gasteiger partial charge in [-0.25, -0.2) is 4.39 Å². The van der Waals surface area contributed by atoms with Crippen molar-refractivity contribution in [2.24, 2.45) is 0 Å². The maximum atomic E-state index is 13.5. The third kappa shape index (κ3) is 2.48. The van der Waals surface area contributed by atoms with E-state index in [1.54, 1.807) is 12.1 Å². The summed E-state index contributed by atoms with van der Waals surface area (Å²) >= 11 is 5.96. The van der Waals surface area contributed by atoms with E-state index in [1.165, 1.54) is 6.07 Å². The van der Waals surface area contributed by atoms with Gasteiger partial charge in [-0.3, -0.25) is 5.10 Å². The molecule has 106 valence electrons. The molecule has 0 spiro atoms. The highest BCUT2D eigenvalue weighted by atomic mass is 35.5. The summed E-state index contributed by atoms with van der Waals surface area (Å²) in [5, 5.41) is 10.4. The Morgan fingerprint density at radius 1 is 1.45 bits per heavy atom. The van der Waals surface area contributed by atoms with Crippen LogP contribution in [0.25, 0.3) is 11.4 Å². The first-order chi connectivity index (χ1) is 9.65. The van der Waals surface area contributed by atoms with Crippen LogP contribution in [-0.2, 0) is 0 Å². The second-order valence-corrected chi connectivity index (χ2v) is 5.26. The van der Waals surface area contributed by atoms with Crippen molar-refractivity contribution in [2.45, 2.75) is 13.0 Å². The monoisotopic (exact) mass is 295 g/mol. The number of hydrogen-bond acceptors (Lipinski definition) is 4. The highest BCUT2D eigenvalue weighted by molar-refractivity contribution is 6.33. The van der Waals surface area contributed by atoms with Crippen LogP contribution in [-0.4, -0.2) is 40.9 Å². The minimum atomic E-state index is -0.460. The summed E-state index contributed by atoms with van der Waals surface area (Å²) in [7, 11) is 0. The number of benzene rings is 1. The fourth-order valence-electron chi connectivity index (χ4n) is 2.32. The highest BCUT2D eigenvalue weighted by Gasteiger charge is 2.20. The lowest BCUT2D eigenvalue weighted by atomic mass is 10.2. The summed E-state index contributed by atoms with van der Waals surface area (Å²) in [5.41, 5.74) is 0.522. The van der Waals surface area contributed by atoms with Gasteiger partial charge in [0.25, 0.3) is 0 Å². The van der Waals surface area contributed by atoms with Gasteiger partial charge in [0, 0.05) is 31.2 Å². The SMILES string of the molecule is C[C@H]1CN(c2n[nH]c(-c3cccc(F)c3Cl)n2)CCN1. The summed E-state index contributed by atoms with van der Waals surface area (Å²) in [6.07, 6.45) is 0. The number of hydrogen-bond donors (Lipinski definition) is 2. The molecule has 0 bridgehead atoms. The number of nitrogens with zero attached hydrogens (tertiary/aromatic N) is 3. The smallest absolute Gasteiger partial charge is 0.245 e. The van der Waals surface area contributed by atoms with E-state index < -0.39 is 5.82 Å². The Kier molecular flexibility index (Phi) is 3.58. The molecule has 1 atom stereocenters. The predicted molar refractivity (Wildman–Crippen MR) is 76.5 cm³/mol. The molecule has 2 N–H and O–H groups in total. The average Bonchev–Trinajstić information content (AvgIpc) is 2.91. The summed E-state index contributed by atoms with van der Waals surface area (Å²) in [5.74, 6) is 0.641. The lowest BCUT2D eigenvalue weighted by Crippen LogP contribution is -2.49. The van der Waals surface area contributed by atoms with Crippen molar-refractivity contribution in [2.75, 3.05) is 24.5 Å². The molecule has 1 aromatic heterocycles. The molecule has 1 fully saturated rings. The molecular formula is C13H15ClFN5. The standard InChI is InChI=1S/C13H15ClFN5/c1-8-7-20(6-5-16-8)13-17-12(18-19-13)9-3-2-4-10(15)11(9)14/h2-4,8,16H,5-7H2,1H3,(H,17,18,19)/t8-/m0/s1. The van der Waals surface area contributed by atoms with E-state index in [-0.39, 0.29) is 5.02 Å². The summed E-state index contributed by atoms with van der Waals surface area (Å²) in [6.45, 7) is 4.70. The van der Waals surface area contributed by atoms with Crippen molar-refractivity contribution in [1.29, 1.82) is 0 Å². The van der Waals surface area contributed by atoms with Crippen molar-refractivity contribution in [3.8, 4) is 11.4 Å². The van der Waals surface area contributed by atoms with E-state index in [9.17, 15) is 4.39 Å². The Morgan fingerprint density at radius 2 is 2.30 bits per heavy atom. The quantitative estimate of drug-likeness (QED) is 0.890. The maximum absolute atomic E-state index is 13.5. The molecule has 0 aliphatic carbocycles. The minimum absolute atomic E-state index is 0.0591. The second-order valence-electron chi connectivity index (χ2n) is 4.89. The van der Waals surface area contributed by atoms with Gasteiger partial charge in [0.1, 0.15) is 5.82 Å². The molecule has 7 heteroatoms. The minimum Gasteiger partial charge on any atom is -0.337 e. The zero-order valence-electron chi connectivity index (χ0n) is 11.0. The molecule has 1 saturated heterocycles. The van der Waals surface area contributed by atoms with Crippen molar-refractivity contribution >= 4 is 17.5 Å². The Labute approximate surface area is 121 Å². The molecule has 0 amide bonds. The molecule has 0 unspecified atom stereocenters. The van der Waals surface area contributed by atoms with Crippen LogP contribution >= 0.6 is 11.6 Å². The normalized spacial score (nSPS) is 19.4. The lowest BCUT2D eigenvalue weighted by Gasteiger charge is -2.30. The van der Waals surface area contributed by atoms with E-state index in [0.29, 0.717) is 23.4 Å². The molecule has 2 aromatic rings. The van der Waals surface area contributed by atoms with E-state index in [0.717, 1.165) is 19.6 Å². The first-order valence-electron chi connectivity index (χ1n) is 6.50. The van der Waals surface area contributed by atoms with Crippen LogP contribution < -0.4 is 10.2 Å². The summed E-state index contributed by atoms with van der Waals surface area (Å²) < 4.78 is 13.5. The molecule has 0 radical (unpaired) electrons. The number of piperazine rings is 1. The Bertz CT molecular complexity index is 615. The Morgan fingerprint density at radius 3 is 3.10 bits per heavy atom. The van der Waals surface area contributed by atoms with E-state index in [1.807, 2.05) is 0 Å². The highest BCUT2D eigenvalue weighted by Crippen LogP contribution is 2.28. The Balaban J connectivity index is 1.88. The zero-order valence-corrected chi connectivity index (χ0v) is 11.8. The molecule has 3 rings (SSSR count). The molecule has 20 heavy (non-hydrogen) atoms. The number of halogens is 2. The van der Waals surface area contributed by atoms with Crippen molar-refractivity contribution in [3.63, 3.8) is 0 Å². The van der Waals surface area contributed by atoms with Gasteiger partial charge in [-0.05, 0) is 19.1 Å². The number of anilines is 1. The third-order valence-electron chi connectivity index (χ3n) is 3.33. The number of H-pyrrole nitrogens is 1. The zero-order chi connectivity index (χ0) is 14.1.